The zero-order valence-electron chi connectivity index (χ0n) is 27.6. The number of nitrogens with two attached hydrogens (primary N) is 1. The Morgan fingerprint density at radius 3 is 1.90 bits per heavy atom. The van der Waals surface area contributed by atoms with Crippen LogP contribution in [-0.4, -0.2) is 45.4 Å². The minimum atomic E-state index is -1.05. The summed E-state index contributed by atoms with van der Waals surface area (Å²) in [5.41, 5.74) is 9.64. The van der Waals surface area contributed by atoms with Crippen molar-refractivity contribution in [2.45, 2.75) is 32.7 Å². The van der Waals surface area contributed by atoms with Crippen LogP contribution in [0.15, 0.2) is 108 Å². The molecule has 256 valence electrons. The number of carboxylic acid groups (broad SMARTS) is 2. The predicted molar refractivity (Wildman–Crippen MR) is 192 cm³/mol. The van der Waals surface area contributed by atoms with Crippen molar-refractivity contribution in [3.05, 3.63) is 152 Å². The van der Waals surface area contributed by atoms with E-state index in [2.05, 4.69) is 0 Å². The third-order valence-electron chi connectivity index (χ3n) is 7.91. The number of nitrogens with zero attached hydrogens (tertiary/aromatic N) is 1. The van der Waals surface area contributed by atoms with E-state index in [4.69, 9.17) is 27.2 Å². The summed E-state index contributed by atoms with van der Waals surface area (Å²) in [4.78, 5) is 61.1. The van der Waals surface area contributed by atoms with Gasteiger partial charge in [0, 0.05) is 40.7 Å². The summed E-state index contributed by atoms with van der Waals surface area (Å²) in [7, 11) is 1.45. The van der Waals surface area contributed by atoms with Crippen molar-refractivity contribution in [1.82, 2.24) is 4.57 Å². The number of benzene rings is 4. The number of aryl methyl sites for hydroxylation is 1. The summed E-state index contributed by atoms with van der Waals surface area (Å²) in [5, 5.41) is 18.0. The van der Waals surface area contributed by atoms with Gasteiger partial charge >= 0.3 is 11.9 Å². The Labute approximate surface area is 293 Å². The molecule has 0 saturated heterocycles. The van der Waals surface area contributed by atoms with Crippen LogP contribution in [0.5, 0.6) is 5.75 Å². The average Bonchev–Trinajstić information content (AvgIpc) is 3.08. The number of ether oxygens (including phenoxy) is 1. The molecule has 0 bridgehead atoms. The molecular weight excluding hydrogens is 660 g/mol. The van der Waals surface area contributed by atoms with E-state index in [1.54, 1.807) is 42.5 Å². The molecule has 1 atom stereocenters. The van der Waals surface area contributed by atoms with Gasteiger partial charge in [-0.3, -0.25) is 14.4 Å². The highest BCUT2D eigenvalue weighted by atomic mass is 35.5. The van der Waals surface area contributed by atoms with Crippen molar-refractivity contribution in [2.24, 2.45) is 0 Å². The molecule has 1 aromatic heterocycles. The predicted octanol–water partition coefficient (Wildman–Crippen LogP) is 6.95. The number of rotatable bonds is 11. The first-order valence-electron chi connectivity index (χ1n) is 15.4. The molecule has 1 heterocycles. The van der Waals surface area contributed by atoms with Gasteiger partial charge < -0.3 is 25.3 Å². The minimum absolute atomic E-state index is 0.00425. The molecule has 4 N–H and O–H groups in total. The molecular formula is C39H35ClN2O8. The van der Waals surface area contributed by atoms with Crippen molar-refractivity contribution in [3.63, 3.8) is 0 Å². The fourth-order valence-corrected chi connectivity index (χ4v) is 5.39. The van der Waals surface area contributed by atoms with Gasteiger partial charge in [0.25, 0.3) is 5.56 Å². The molecule has 50 heavy (non-hydrogen) atoms. The van der Waals surface area contributed by atoms with Gasteiger partial charge in [-0.05, 0) is 85.1 Å². The highest BCUT2D eigenvalue weighted by molar-refractivity contribution is 6.31. The van der Waals surface area contributed by atoms with Gasteiger partial charge in [-0.15, -0.1) is 0 Å². The number of hydrogen-bond donors (Lipinski definition) is 3. The molecule has 5 rings (SSSR count). The summed E-state index contributed by atoms with van der Waals surface area (Å²) in [5.74, 6) is -2.11. The Morgan fingerprint density at radius 1 is 0.800 bits per heavy atom. The molecule has 0 aliphatic heterocycles. The molecule has 0 spiro atoms. The number of aromatic nitrogens is 1. The third-order valence-corrected chi connectivity index (χ3v) is 8.14. The molecule has 11 heteroatoms. The van der Waals surface area contributed by atoms with Crippen LogP contribution in [0, 0.1) is 6.92 Å². The fourth-order valence-electron chi connectivity index (χ4n) is 5.22. The van der Waals surface area contributed by atoms with Crippen LogP contribution in [0.1, 0.15) is 60.7 Å². The van der Waals surface area contributed by atoms with Crippen LogP contribution in [0.25, 0.3) is 11.1 Å². The first kappa shape index (κ1) is 36.8. The number of ketones is 2. The Hall–Kier alpha value is -6.00. The lowest BCUT2D eigenvalue weighted by atomic mass is 9.95. The highest BCUT2D eigenvalue weighted by Crippen LogP contribution is 2.34. The molecule has 0 amide bonds. The molecule has 0 saturated carbocycles. The van der Waals surface area contributed by atoms with E-state index in [0.717, 1.165) is 11.1 Å². The number of anilines is 1. The minimum Gasteiger partial charge on any atom is -0.495 e. The first-order chi connectivity index (χ1) is 23.8. The molecule has 4 aromatic carbocycles. The monoisotopic (exact) mass is 694 g/mol. The van der Waals surface area contributed by atoms with Crippen molar-refractivity contribution in [3.8, 4) is 16.9 Å². The Bertz CT molecular complexity index is 2090. The molecule has 0 aliphatic rings. The lowest BCUT2D eigenvalue weighted by Gasteiger charge is -2.22. The number of aromatic carboxylic acids is 2. The van der Waals surface area contributed by atoms with E-state index in [9.17, 15) is 29.1 Å². The second-order valence-electron chi connectivity index (χ2n) is 11.5. The standard InChI is InChI=1S/C32H28ClNO6.C7H7NO2/c1-19-4-6-21(7-5-19)14-28(29(36)15-22-8-10-23(11-9-22)32(38)39)34-18-30(40-3)27(17-31(34)37)26-16-24(33)12-13-25(26)20(2)35;8-6-3-1-5(2-4-6)7(9)10/h4-13,16-18,28H,14-15H2,1-3H3,(H,38,39);1-4H,8H2,(H,9,10). The molecule has 0 aliphatic carbocycles. The van der Waals surface area contributed by atoms with Crippen LogP contribution < -0.4 is 16.0 Å². The number of pyridine rings is 1. The van der Waals surface area contributed by atoms with Gasteiger partial charge in [0.2, 0.25) is 0 Å². The third kappa shape index (κ3) is 9.33. The normalized spacial score (nSPS) is 11.1. The van der Waals surface area contributed by atoms with E-state index in [1.807, 2.05) is 31.2 Å². The number of carboxylic acids is 2. The van der Waals surface area contributed by atoms with Gasteiger partial charge in [-0.25, -0.2) is 9.59 Å². The quantitative estimate of drug-likeness (QED) is 0.0979. The Balaban J connectivity index is 0.000000482. The zero-order chi connectivity index (χ0) is 36.5. The summed E-state index contributed by atoms with van der Waals surface area (Å²) < 4.78 is 6.99. The van der Waals surface area contributed by atoms with Crippen LogP contribution in [0.3, 0.4) is 0 Å². The topological polar surface area (TPSA) is 166 Å². The first-order valence-corrected chi connectivity index (χ1v) is 15.8. The van der Waals surface area contributed by atoms with E-state index in [0.29, 0.717) is 38.7 Å². The van der Waals surface area contributed by atoms with E-state index < -0.39 is 23.5 Å². The van der Waals surface area contributed by atoms with Crippen LogP contribution in [-0.2, 0) is 17.6 Å². The van der Waals surface area contributed by atoms with Gasteiger partial charge in [-0.2, -0.15) is 0 Å². The smallest absolute Gasteiger partial charge is 0.335 e. The van der Waals surface area contributed by atoms with Crippen LogP contribution in [0.4, 0.5) is 5.69 Å². The highest BCUT2D eigenvalue weighted by Gasteiger charge is 2.25. The lowest BCUT2D eigenvalue weighted by Crippen LogP contribution is -2.32. The van der Waals surface area contributed by atoms with Crippen LogP contribution in [0.2, 0.25) is 5.02 Å². The summed E-state index contributed by atoms with van der Waals surface area (Å²) in [6.45, 7) is 3.39. The number of hydrogen-bond acceptors (Lipinski definition) is 7. The van der Waals surface area contributed by atoms with Crippen molar-refractivity contribution in [1.29, 1.82) is 0 Å². The molecule has 5 aromatic rings. The Kier molecular flexibility index (Phi) is 12.1. The number of methoxy groups -OCH3 is 1. The average molecular weight is 695 g/mol. The molecule has 0 fully saturated rings. The fraction of sp³-hybridized carbons (Fsp3) is 0.154. The summed E-state index contributed by atoms with van der Waals surface area (Å²) >= 11 is 6.22. The van der Waals surface area contributed by atoms with E-state index in [-0.39, 0.29) is 35.5 Å². The second kappa shape index (κ2) is 16.4. The SMILES string of the molecule is COc1cn(C(Cc2ccc(C)cc2)C(=O)Cc2ccc(C(=O)O)cc2)c(=O)cc1-c1cc(Cl)ccc1C(C)=O.Nc1ccc(C(=O)O)cc1. The lowest BCUT2D eigenvalue weighted by molar-refractivity contribution is -0.121. The maximum Gasteiger partial charge on any atom is 0.335 e. The van der Waals surface area contributed by atoms with Crippen LogP contribution >= 0.6 is 11.6 Å². The van der Waals surface area contributed by atoms with Crippen molar-refractivity contribution >= 4 is 40.8 Å². The maximum absolute atomic E-state index is 13.7. The summed E-state index contributed by atoms with van der Waals surface area (Å²) in [6.07, 6.45) is 1.74. The number of halogens is 1. The van der Waals surface area contributed by atoms with Gasteiger partial charge in [0.1, 0.15) is 5.75 Å². The van der Waals surface area contributed by atoms with Gasteiger partial charge in [0.05, 0.1) is 30.5 Å². The number of carbonyl (C=O) groups is 4. The van der Waals surface area contributed by atoms with Crippen molar-refractivity contribution < 1.29 is 34.1 Å². The zero-order valence-corrected chi connectivity index (χ0v) is 28.3. The second-order valence-corrected chi connectivity index (χ2v) is 12.0. The molecule has 1 unspecified atom stereocenters. The molecule has 10 nitrogen and oxygen atoms in total. The number of Topliss-reactive ketones (excluding diaryl/α,β-unsaturated/α-hetero) is 2. The summed E-state index contributed by atoms with van der Waals surface area (Å²) in [6, 6.07) is 25.2. The number of nitrogen functional groups attached to an aromatic ring is 1. The number of carbonyl (C=O) groups excluding carboxylic acids is 2. The largest absolute Gasteiger partial charge is 0.495 e. The molecule has 0 radical (unpaired) electrons. The van der Waals surface area contributed by atoms with Gasteiger partial charge in [0.15, 0.2) is 11.6 Å². The van der Waals surface area contributed by atoms with Gasteiger partial charge in [-0.1, -0.05) is 53.6 Å². The maximum atomic E-state index is 13.7. The van der Waals surface area contributed by atoms with E-state index in [1.165, 1.54) is 55.1 Å². The van der Waals surface area contributed by atoms with E-state index >= 15 is 0 Å². The van der Waals surface area contributed by atoms with Crippen molar-refractivity contribution in [2.75, 3.05) is 12.8 Å². The Morgan fingerprint density at radius 2 is 1.36 bits per heavy atom.